The predicted molar refractivity (Wildman–Crippen MR) is 97.2 cm³/mol. The van der Waals surface area contributed by atoms with E-state index in [2.05, 4.69) is 20.6 Å². The Morgan fingerprint density at radius 1 is 0.962 bits per heavy atom. The molecule has 0 bridgehead atoms. The third kappa shape index (κ3) is 4.44. The van der Waals surface area contributed by atoms with E-state index < -0.39 is 11.6 Å². The number of hydrogen-bond donors (Lipinski definition) is 2. The van der Waals surface area contributed by atoms with Gasteiger partial charge in [0.05, 0.1) is 11.8 Å². The van der Waals surface area contributed by atoms with Crippen LogP contribution in [0.1, 0.15) is 13.8 Å². The number of anilines is 4. The molecule has 5 nitrogen and oxygen atoms in total. The van der Waals surface area contributed by atoms with Crippen molar-refractivity contribution >= 4 is 23.1 Å². The summed E-state index contributed by atoms with van der Waals surface area (Å²) in [6, 6.07) is 12.6. The van der Waals surface area contributed by atoms with Crippen molar-refractivity contribution < 1.29 is 13.5 Å². The van der Waals surface area contributed by atoms with Crippen molar-refractivity contribution in [1.29, 1.82) is 0 Å². The first-order valence-corrected chi connectivity index (χ1v) is 8.09. The van der Waals surface area contributed by atoms with Gasteiger partial charge in [-0.05, 0) is 44.2 Å². The van der Waals surface area contributed by atoms with Crippen LogP contribution in [-0.4, -0.2) is 16.1 Å². The maximum absolute atomic E-state index is 13.3. The van der Waals surface area contributed by atoms with Crippen LogP contribution in [-0.2, 0) is 0 Å². The van der Waals surface area contributed by atoms with Gasteiger partial charge in [-0.25, -0.2) is 13.8 Å². The second-order valence-corrected chi connectivity index (χ2v) is 5.81. The van der Waals surface area contributed by atoms with Crippen LogP contribution < -0.4 is 15.4 Å². The molecule has 0 spiro atoms. The minimum atomic E-state index is -0.929. The Kier molecular flexibility index (Phi) is 5.26. The molecule has 0 fully saturated rings. The molecule has 2 aromatic carbocycles. The molecular weight excluding hydrogens is 338 g/mol. The largest absolute Gasteiger partial charge is 0.489 e. The molecule has 0 aliphatic rings. The lowest BCUT2D eigenvalue weighted by Gasteiger charge is -2.15. The number of rotatable bonds is 6. The van der Waals surface area contributed by atoms with Gasteiger partial charge in [-0.15, -0.1) is 0 Å². The van der Waals surface area contributed by atoms with Crippen molar-refractivity contribution in [2.75, 3.05) is 10.6 Å². The third-order valence-electron chi connectivity index (χ3n) is 3.34. The smallest absolute Gasteiger partial charge is 0.229 e. The molecular formula is C19H18F2N4O. The fourth-order valence-electron chi connectivity index (χ4n) is 2.26. The van der Waals surface area contributed by atoms with Crippen LogP contribution in [0.2, 0.25) is 0 Å². The van der Waals surface area contributed by atoms with E-state index >= 15 is 0 Å². The van der Waals surface area contributed by atoms with Crippen molar-refractivity contribution in [3.8, 4) is 5.75 Å². The molecule has 1 aromatic heterocycles. The maximum atomic E-state index is 13.3. The number of nitrogens with zero attached hydrogens (tertiary/aromatic N) is 2. The summed E-state index contributed by atoms with van der Waals surface area (Å²) in [5, 5.41) is 6.02. The maximum Gasteiger partial charge on any atom is 0.229 e. The Hall–Kier alpha value is -3.22. The quantitative estimate of drug-likeness (QED) is 0.649. The van der Waals surface area contributed by atoms with E-state index in [0.29, 0.717) is 23.2 Å². The second kappa shape index (κ2) is 7.77. The molecule has 0 aliphatic carbocycles. The molecule has 0 atom stereocenters. The van der Waals surface area contributed by atoms with Gasteiger partial charge in [0.25, 0.3) is 0 Å². The van der Waals surface area contributed by atoms with Gasteiger partial charge in [0.2, 0.25) is 5.95 Å². The van der Waals surface area contributed by atoms with E-state index in [1.165, 1.54) is 6.07 Å². The first-order valence-electron chi connectivity index (χ1n) is 8.09. The van der Waals surface area contributed by atoms with Gasteiger partial charge < -0.3 is 15.4 Å². The number of hydrogen-bond acceptors (Lipinski definition) is 5. The average Bonchev–Trinajstić information content (AvgIpc) is 2.60. The number of halogens is 2. The van der Waals surface area contributed by atoms with E-state index in [4.69, 9.17) is 4.74 Å². The molecule has 0 saturated heterocycles. The monoisotopic (exact) mass is 356 g/mol. The topological polar surface area (TPSA) is 59.1 Å². The lowest BCUT2D eigenvalue weighted by atomic mass is 10.3. The highest BCUT2D eigenvalue weighted by atomic mass is 19.2. The molecule has 0 radical (unpaired) electrons. The van der Waals surface area contributed by atoms with Crippen molar-refractivity contribution in [3.05, 3.63) is 66.4 Å². The minimum Gasteiger partial charge on any atom is -0.489 e. The molecule has 134 valence electrons. The normalized spacial score (nSPS) is 10.7. The Morgan fingerprint density at radius 3 is 2.54 bits per heavy atom. The molecule has 0 unspecified atom stereocenters. The van der Waals surface area contributed by atoms with Gasteiger partial charge >= 0.3 is 0 Å². The lowest BCUT2D eigenvalue weighted by molar-refractivity contribution is 0.244. The number of aromatic nitrogens is 2. The Labute approximate surface area is 150 Å². The van der Waals surface area contributed by atoms with Gasteiger partial charge in [-0.2, -0.15) is 4.98 Å². The first-order chi connectivity index (χ1) is 12.5. The molecule has 3 aromatic rings. The number of para-hydroxylation sites is 2. The highest BCUT2D eigenvalue weighted by Crippen LogP contribution is 2.27. The summed E-state index contributed by atoms with van der Waals surface area (Å²) in [6.07, 6.45) is 1.59. The highest BCUT2D eigenvalue weighted by molar-refractivity contribution is 5.64. The van der Waals surface area contributed by atoms with Gasteiger partial charge in [-0.1, -0.05) is 12.1 Å². The van der Waals surface area contributed by atoms with Gasteiger partial charge in [0, 0.05) is 18.0 Å². The SMILES string of the molecule is CC(C)Oc1ccccc1Nc1nccc(Nc2ccc(F)c(F)c2)n1. The minimum absolute atomic E-state index is 0.0280. The van der Waals surface area contributed by atoms with Crippen molar-refractivity contribution in [3.63, 3.8) is 0 Å². The molecule has 0 aliphatic heterocycles. The predicted octanol–water partition coefficient (Wildman–Crippen LogP) is 5.03. The fourth-order valence-corrected chi connectivity index (χ4v) is 2.26. The van der Waals surface area contributed by atoms with Crippen LogP contribution in [0.3, 0.4) is 0 Å². The van der Waals surface area contributed by atoms with Crippen molar-refractivity contribution in [2.45, 2.75) is 20.0 Å². The van der Waals surface area contributed by atoms with E-state index in [1.54, 1.807) is 12.3 Å². The molecule has 7 heteroatoms. The first kappa shape index (κ1) is 17.6. The zero-order valence-electron chi connectivity index (χ0n) is 14.3. The Balaban J connectivity index is 1.78. The fraction of sp³-hybridized carbons (Fsp3) is 0.158. The van der Waals surface area contributed by atoms with Crippen LogP contribution in [0, 0.1) is 11.6 Å². The van der Waals surface area contributed by atoms with Crippen LogP contribution in [0.5, 0.6) is 5.75 Å². The van der Waals surface area contributed by atoms with E-state index in [1.807, 2.05) is 38.1 Å². The number of ether oxygens (including phenoxy) is 1. The molecule has 0 saturated carbocycles. The van der Waals surface area contributed by atoms with E-state index in [0.717, 1.165) is 17.8 Å². The summed E-state index contributed by atoms with van der Waals surface area (Å²) in [4.78, 5) is 8.51. The van der Waals surface area contributed by atoms with E-state index in [-0.39, 0.29) is 6.10 Å². The molecule has 0 amide bonds. The van der Waals surface area contributed by atoms with Crippen molar-refractivity contribution in [1.82, 2.24) is 9.97 Å². The lowest BCUT2D eigenvalue weighted by Crippen LogP contribution is -2.08. The third-order valence-corrected chi connectivity index (χ3v) is 3.34. The van der Waals surface area contributed by atoms with Gasteiger partial charge in [0.1, 0.15) is 11.6 Å². The van der Waals surface area contributed by atoms with Crippen LogP contribution in [0.25, 0.3) is 0 Å². The zero-order chi connectivity index (χ0) is 18.5. The molecule has 1 heterocycles. The van der Waals surface area contributed by atoms with Crippen LogP contribution in [0.15, 0.2) is 54.7 Å². The summed E-state index contributed by atoms with van der Waals surface area (Å²) in [6.45, 7) is 3.89. The standard InChI is InChI=1S/C19H18F2N4O/c1-12(2)26-17-6-4-3-5-16(17)24-19-22-10-9-18(25-19)23-13-7-8-14(20)15(21)11-13/h3-12H,1-2H3,(H2,22,23,24,25). The zero-order valence-corrected chi connectivity index (χ0v) is 14.3. The highest BCUT2D eigenvalue weighted by Gasteiger charge is 2.08. The molecule has 26 heavy (non-hydrogen) atoms. The summed E-state index contributed by atoms with van der Waals surface area (Å²) in [7, 11) is 0. The Bertz CT molecular complexity index is 902. The Morgan fingerprint density at radius 2 is 1.77 bits per heavy atom. The summed E-state index contributed by atoms with van der Waals surface area (Å²) in [5.41, 5.74) is 1.11. The van der Waals surface area contributed by atoms with Crippen LogP contribution >= 0.6 is 0 Å². The average molecular weight is 356 g/mol. The molecule has 3 rings (SSSR count). The van der Waals surface area contributed by atoms with Crippen LogP contribution in [0.4, 0.5) is 31.9 Å². The molecule has 2 N–H and O–H groups in total. The number of benzene rings is 2. The summed E-state index contributed by atoms with van der Waals surface area (Å²) >= 11 is 0. The second-order valence-electron chi connectivity index (χ2n) is 5.81. The van der Waals surface area contributed by atoms with E-state index in [9.17, 15) is 8.78 Å². The van der Waals surface area contributed by atoms with Crippen molar-refractivity contribution in [2.24, 2.45) is 0 Å². The summed E-state index contributed by atoms with van der Waals surface area (Å²) in [5.74, 6) is -0.359. The summed E-state index contributed by atoms with van der Waals surface area (Å²) < 4.78 is 32.1. The van der Waals surface area contributed by atoms with Gasteiger partial charge in [0.15, 0.2) is 11.6 Å². The number of nitrogens with one attached hydrogen (secondary N) is 2. The van der Waals surface area contributed by atoms with Gasteiger partial charge in [-0.3, -0.25) is 0 Å².